The molecule has 0 amide bonds. The van der Waals surface area contributed by atoms with E-state index in [1.165, 1.54) is 12.1 Å². The van der Waals surface area contributed by atoms with Crippen molar-refractivity contribution in [3.8, 4) is 0 Å². The zero-order valence-corrected chi connectivity index (χ0v) is 16.6. The van der Waals surface area contributed by atoms with Crippen LogP contribution in [0.5, 0.6) is 0 Å². The Kier molecular flexibility index (Phi) is 5.80. The van der Waals surface area contributed by atoms with Gasteiger partial charge in [0.2, 0.25) is 10.0 Å². The molecule has 1 saturated heterocycles. The average Bonchev–Trinajstić information content (AvgIpc) is 2.67. The number of H-pyrrole nitrogens is 1. The molecule has 9 nitrogen and oxygen atoms in total. The number of nitrogens with one attached hydrogen (secondary N) is 2. The van der Waals surface area contributed by atoms with E-state index in [4.69, 9.17) is 0 Å². The van der Waals surface area contributed by atoms with Gasteiger partial charge in [-0.2, -0.15) is 0 Å². The van der Waals surface area contributed by atoms with E-state index in [0.717, 1.165) is 24.8 Å². The van der Waals surface area contributed by atoms with Crippen LogP contribution < -0.4 is 19.5 Å². The zero-order valence-electron chi connectivity index (χ0n) is 15.8. The number of aromatic amines is 1. The first-order valence-corrected chi connectivity index (χ1v) is 10.5. The van der Waals surface area contributed by atoms with Gasteiger partial charge in [0.25, 0.3) is 5.69 Å². The smallest absolute Gasteiger partial charge is 0.293 e. The normalized spacial score (nSPS) is 15.1. The minimum absolute atomic E-state index is 0.101. The molecule has 10 heteroatoms. The van der Waals surface area contributed by atoms with Gasteiger partial charge in [0.05, 0.1) is 9.82 Å². The molecule has 0 radical (unpaired) electrons. The summed E-state index contributed by atoms with van der Waals surface area (Å²) in [6.07, 6.45) is 3.72. The lowest BCUT2D eigenvalue weighted by atomic mass is 10.2. The number of aromatic nitrogens is 1. The highest BCUT2D eigenvalue weighted by Gasteiger charge is 2.27. The number of piperazine rings is 1. The molecule has 1 aromatic heterocycles. The van der Waals surface area contributed by atoms with Crippen LogP contribution in [-0.4, -0.2) is 45.6 Å². The number of hydrogen-bond donors (Lipinski definition) is 1. The van der Waals surface area contributed by atoms with Crippen molar-refractivity contribution in [3.05, 3.63) is 52.8 Å². The molecular formula is C18H24N5O4S+. The maximum absolute atomic E-state index is 12.3. The zero-order chi connectivity index (χ0) is 20.3. The van der Waals surface area contributed by atoms with E-state index in [0.29, 0.717) is 18.8 Å². The van der Waals surface area contributed by atoms with Gasteiger partial charge in [-0.1, -0.05) is 0 Å². The van der Waals surface area contributed by atoms with Gasteiger partial charge >= 0.3 is 0 Å². The van der Waals surface area contributed by atoms with Crippen LogP contribution in [0.3, 0.4) is 0 Å². The number of sulfonamides is 1. The Morgan fingerprint density at radius 1 is 1.07 bits per heavy atom. The lowest BCUT2D eigenvalue weighted by Gasteiger charge is -2.36. The quantitative estimate of drug-likeness (QED) is 0.574. The number of nitro benzene ring substituents is 1. The van der Waals surface area contributed by atoms with Gasteiger partial charge < -0.3 is 9.80 Å². The van der Waals surface area contributed by atoms with E-state index in [2.05, 4.69) is 14.6 Å². The third kappa shape index (κ3) is 4.39. The van der Waals surface area contributed by atoms with Gasteiger partial charge in [-0.05, 0) is 26.0 Å². The van der Waals surface area contributed by atoms with Gasteiger partial charge in [-0.15, -0.1) is 0 Å². The summed E-state index contributed by atoms with van der Waals surface area (Å²) >= 11 is 0. The van der Waals surface area contributed by atoms with E-state index < -0.39 is 14.9 Å². The Morgan fingerprint density at radius 2 is 1.68 bits per heavy atom. The molecule has 1 aromatic carbocycles. The average molecular weight is 406 g/mol. The summed E-state index contributed by atoms with van der Waals surface area (Å²) in [7, 11) is -3.79. The topological polar surface area (TPSA) is 110 Å². The fourth-order valence-corrected chi connectivity index (χ4v) is 4.53. The molecule has 150 valence electrons. The SMILES string of the molecule is CC(C)NS(=O)(=O)c1ccc(N2CCN(c3cc[nH+]cc3)CC2)c([N+](=O)[O-])c1. The minimum Gasteiger partial charge on any atom is -0.368 e. The number of benzene rings is 1. The van der Waals surface area contributed by atoms with Crippen LogP contribution in [0.1, 0.15) is 13.8 Å². The van der Waals surface area contributed by atoms with Crippen LogP contribution in [0.2, 0.25) is 0 Å². The van der Waals surface area contributed by atoms with Crippen LogP contribution in [0, 0.1) is 10.1 Å². The maximum atomic E-state index is 12.3. The fraction of sp³-hybridized carbons (Fsp3) is 0.389. The summed E-state index contributed by atoms with van der Waals surface area (Å²) in [4.78, 5) is 18.1. The number of rotatable bonds is 6. The third-order valence-electron chi connectivity index (χ3n) is 4.53. The van der Waals surface area contributed by atoms with Gasteiger partial charge in [-0.3, -0.25) is 10.1 Å². The molecule has 2 N–H and O–H groups in total. The Balaban J connectivity index is 1.82. The summed E-state index contributed by atoms with van der Waals surface area (Å²) < 4.78 is 27.1. The fourth-order valence-electron chi connectivity index (χ4n) is 3.26. The Labute approximate surface area is 164 Å². The first-order valence-electron chi connectivity index (χ1n) is 9.05. The number of pyridine rings is 1. The molecule has 0 unspecified atom stereocenters. The van der Waals surface area contributed by atoms with Crippen LogP contribution >= 0.6 is 0 Å². The standard InChI is InChI=1S/C18H23N5O4S/c1-14(2)20-28(26,27)16-3-4-17(18(13-16)23(24)25)22-11-9-21(10-12-22)15-5-7-19-8-6-15/h3-8,13-14,20H,9-12H2,1-2H3/p+1. The van der Waals surface area contributed by atoms with E-state index in [1.807, 2.05) is 29.4 Å². The Morgan fingerprint density at radius 3 is 2.25 bits per heavy atom. The highest BCUT2D eigenvalue weighted by molar-refractivity contribution is 7.89. The summed E-state index contributed by atoms with van der Waals surface area (Å²) in [5.74, 6) is 0. The van der Waals surface area contributed by atoms with Gasteiger partial charge in [-0.25, -0.2) is 18.1 Å². The van der Waals surface area contributed by atoms with Crippen molar-refractivity contribution in [1.82, 2.24) is 4.72 Å². The molecule has 0 atom stereocenters. The Hall–Kier alpha value is -2.72. The number of nitro groups is 1. The first-order chi connectivity index (χ1) is 13.3. The molecule has 3 rings (SSSR count). The van der Waals surface area contributed by atoms with Crippen LogP contribution in [0.4, 0.5) is 17.1 Å². The van der Waals surface area contributed by atoms with Crippen molar-refractivity contribution in [2.75, 3.05) is 36.0 Å². The second kappa shape index (κ2) is 8.11. The molecule has 1 aliphatic rings. The molecule has 0 bridgehead atoms. The summed E-state index contributed by atoms with van der Waals surface area (Å²) in [5, 5.41) is 11.6. The predicted octanol–water partition coefficient (Wildman–Crippen LogP) is 1.42. The number of anilines is 2. The van der Waals surface area contributed by atoms with E-state index in [-0.39, 0.29) is 16.6 Å². The van der Waals surface area contributed by atoms with Crippen LogP contribution in [0.25, 0.3) is 0 Å². The minimum atomic E-state index is -3.79. The maximum Gasteiger partial charge on any atom is 0.293 e. The van der Waals surface area contributed by atoms with Crippen molar-refractivity contribution in [2.45, 2.75) is 24.8 Å². The molecule has 0 spiro atoms. The second-order valence-corrected chi connectivity index (χ2v) is 8.63. The second-order valence-electron chi connectivity index (χ2n) is 6.92. The number of nitrogens with zero attached hydrogens (tertiary/aromatic N) is 3. The summed E-state index contributed by atoms with van der Waals surface area (Å²) in [6, 6.07) is 7.76. The van der Waals surface area contributed by atoms with Crippen molar-refractivity contribution >= 4 is 27.1 Å². The van der Waals surface area contributed by atoms with E-state index >= 15 is 0 Å². The molecular weight excluding hydrogens is 382 g/mol. The van der Waals surface area contributed by atoms with Crippen molar-refractivity contribution in [2.24, 2.45) is 0 Å². The van der Waals surface area contributed by atoms with Gasteiger partial charge in [0, 0.05) is 56.1 Å². The molecule has 0 aliphatic carbocycles. The number of hydrogen-bond acceptors (Lipinski definition) is 6. The van der Waals surface area contributed by atoms with E-state index in [9.17, 15) is 18.5 Å². The van der Waals surface area contributed by atoms with Crippen molar-refractivity contribution < 1.29 is 18.3 Å². The van der Waals surface area contributed by atoms with Gasteiger partial charge in [0.15, 0.2) is 12.4 Å². The highest BCUT2D eigenvalue weighted by atomic mass is 32.2. The lowest BCUT2D eigenvalue weighted by Crippen LogP contribution is -2.46. The van der Waals surface area contributed by atoms with Crippen LogP contribution in [0.15, 0.2) is 47.6 Å². The van der Waals surface area contributed by atoms with Crippen molar-refractivity contribution in [3.63, 3.8) is 0 Å². The van der Waals surface area contributed by atoms with E-state index in [1.54, 1.807) is 13.8 Å². The largest absolute Gasteiger partial charge is 0.368 e. The molecule has 1 fully saturated rings. The third-order valence-corrected chi connectivity index (χ3v) is 6.19. The molecule has 28 heavy (non-hydrogen) atoms. The molecule has 2 heterocycles. The van der Waals surface area contributed by atoms with Crippen molar-refractivity contribution in [1.29, 1.82) is 0 Å². The molecule has 1 aliphatic heterocycles. The summed E-state index contributed by atoms with van der Waals surface area (Å²) in [5.41, 5.74) is 1.33. The van der Waals surface area contributed by atoms with Crippen LogP contribution in [-0.2, 0) is 10.0 Å². The molecule has 0 saturated carbocycles. The lowest BCUT2D eigenvalue weighted by molar-refractivity contribution is -0.384. The summed E-state index contributed by atoms with van der Waals surface area (Å²) in [6.45, 7) is 6.05. The first kappa shape index (κ1) is 20.0. The molecule has 2 aromatic rings. The van der Waals surface area contributed by atoms with Gasteiger partial charge in [0.1, 0.15) is 5.69 Å². The monoisotopic (exact) mass is 406 g/mol. The predicted molar refractivity (Wildman–Crippen MR) is 106 cm³/mol. The highest BCUT2D eigenvalue weighted by Crippen LogP contribution is 2.32. The Bertz CT molecular complexity index is 942.